The number of benzene rings is 1. The maximum Gasteiger partial charge on any atom is 0.251 e. The first-order chi connectivity index (χ1) is 7.19. The first kappa shape index (κ1) is 11.6. The minimum absolute atomic E-state index is 0.131. The van der Waals surface area contributed by atoms with Crippen LogP contribution in [-0.2, 0) is 0 Å². The van der Waals surface area contributed by atoms with Crippen LogP contribution < -0.4 is 10.6 Å². The summed E-state index contributed by atoms with van der Waals surface area (Å²) >= 11 is 5.95. The summed E-state index contributed by atoms with van der Waals surface area (Å²) in [5, 5.41) is 6.19. The molecular formula is C11H13ClN2O. The van der Waals surface area contributed by atoms with Crippen molar-refractivity contribution in [1.82, 2.24) is 5.32 Å². The van der Waals surface area contributed by atoms with Crippen LogP contribution in [0.3, 0.4) is 0 Å². The Hall–Kier alpha value is -1.48. The molecule has 0 aromatic heterocycles. The number of carbonyl (C=O) groups is 1. The van der Waals surface area contributed by atoms with Crippen molar-refractivity contribution >= 4 is 23.2 Å². The third-order valence-corrected chi connectivity index (χ3v) is 2.22. The molecule has 1 aromatic carbocycles. The van der Waals surface area contributed by atoms with Gasteiger partial charge in [0.1, 0.15) is 0 Å². The Labute approximate surface area is 94.1 Å². The second-order valence-corrected chi connectivity index (χ2v) is 3.35. The molecule has 2 N–H and O–H groups in total. The van der Waals surface area contributed by atoms with E-state index in [1.807, 2.05) is 0 Å². The minimum atomic E-state index is -0.131. The van der Waals surface area contributed by atoms with Crippen molar-refractivity contribution in [2.75, 3.05) is 18.9 Å². The lowest BCUT2D eigenvalue weighted by atomic mass is 10.2. The van der Waals surface area contributed by atoms with Gasteiger partial charge in [-0.1, -0.05) is 17.7 Å². The Balaban J connectivity index is 2.94. The van der Waals surface area contributed by atoms with E-state index < -0.39 is 0 Å². The van der Waals surface area contributed by atoms with Gasteiger partial charge in [-0.3, -0.25) is 4.79 Å². The molecule has 0 aliphatic carbocycles. The maximum absolute atomic E-state index is 11.3. The third kappa shape index (κ3) is 2.99. The van der Waals surface area contributed by atoms with Crippen molar-refractivity contribution in [1.29, 1.82) is 0 Å². The summed E-state index contributed by atoms with van der Waals surface area (Å²) in [6.07, 6.45) is 1.73. The number of amides is 1. The molecule has 1 rings (SSSR count). The SMILES string of the molecule is C=CCNc1cc(C(=O)NC)ccc1Cl. The Morgan fingerprint density at radius 2 is 2.33 bits per heavy atom. The van der Waals surface area contributed by atoms with Gasteiger partial charge in [-0.2, -0.15) is 0 Å². The lowest BCUT2D eigenvalue weighted by Crippen LogP contribution is -2.17. The lowest BCUT2D eigenvalue weighted by molar-refractivity contribution is 0.0963. The molecule has 1 amide bonds. The van der Waals surface area contributed by atoms with Crippen molar-refractivity contribution in [3.05, 3.63) is 41.4 Å². The van der Waals surface area contributed by atoms with Crippen LogP contribution in [0.4, 0.5) is 5.69 Å². The highest BCUT2D eigenvalue weighted by Gasteiger charge is 2.06. The van der Waals surface area contributed by atoms with E-state index in [1.54, 1.807) is 31.3 Å². The highest BCUT2D eigenvalue weighted by Crippen LogP contribution is 2.22. The molecule has 1 aromatic rings. The van der Waals surface area contributed by atoms with E-state index in [4.69, 9.17) is 11.6 Å². The van der Waals surface area contributed by atoms with Crippen LogP contribution >= 0.6 is 11.6 Å². The van der Waals surface area contributed by atoms with Crippen molar-refractivity contribution in [3.63, 3.8) is 0 Å². The van der Waals surface area contributed by atoms with Gasteiger partial charge in [0.05, 0.1) is 10.7 Å². The zero-order valence-corrected chi connectivity index (χ0v) is 9.27. The van der Waals surface area contributed by atoms with Gasteiger partial charge in [-0.05, 0) is 18.2 Å². The summed E-state index contributed by atoms with van der Waals surface area (Å²) in [4.78, 5) is 11.3. The largest absolute Gasteiger partial charge is 0.380 e. The van der Waals surface area contributed by atoms with Crippen LogP contribution in [0.1, 0.15) is 10.4 Å². The summed E-state index contributed by atoms with van der Waals surface area (Å²) in [7, 11) is 1.59. The average Bonchev–Trinajstić information content (AvgIpc) is 2.27. The predicted molar refractivity (Wildman–Crippen MR) is 63.5 cm³/mol. The van der Waals surface area contributed by atoms with Gasteiger partial charge in [-0.25, -0.2) is 0 Å². The zero-order valence-electron chi connectivity index (χ0n) is 8.51. The van der Waals surface area contributed by atoms with Gasteiger partial charge in [0.15, 0.2) is 0 Å². The monoisotopic (exact) mass is 224 g/mol. The van der Waals surface area contributed by atoms with E-state index in [9.17, 15) is 4.79 Å². The molecule has 0 saturated heterocycles. The molecule has 0 fully saturated rings. The molecule has 3 nitrogen and oxygen atoms in total. The van der Waals surface area contributed by atoms with Crippen LogP contribution in [-0.4, -0.2) is 19.5 Å². The number of anilines is 1. The van der Waals surface area contributed by atoms with Gasteiger partial charge in [0.2, 0.25) is 0 Å². The Bertz CT molecular complexity index is 377. The van der Waals surface area contributed by atoms with Gasteiger partial charge in [0, 0.05) is 19.2 Å². The van der Waals surface area contributed by atoms with Crippen LogP contribution in [0.15, 0.2) is 30.9 Å². The second kappa shape index (κ2) is 5.41. The number of rotatable bonds is 4. The molecule has 0 radical (unpaired) electrons. The number of carbonyl (C=O) groups excluding carboxylic acids is 1. The van der Waals surface area contributed by atoms with Crippen molar-refractivity contribution < 1.29 is 4.79 Å². The third-order valence-electron chi connectivity index (χ3n) is 1.89. The maximum atomic E-state index is 11.3. The number of halogens is 1. The lowest BCUT2D eigenvalue weighted by Gasteiger charge is -2.08. The molecule has 4 heteroatoms. The second-order valence-electron chi connectivity index (χ2n) is 2.94. The Morgan fingerprint density at radius 1 is 1.60 bits per heavy atom. The van der Waals surface area contributed by atoms with Gasteiger partial charge < -0.3 is 10.6 Å². The van der Waals surface area contributed by atoms with Gasteiger partial charge in [-0.15, -0.1) is 6.58 Å². The van der Waals surface area contributed by atoms with Crippen molar-refractivity contribution in [2.24, 2.45) is 0 Å². The fourth-order valence-electron chi connectivity index (χ4n) is 1.13. The van der Waals surface area contributed by atoms with E-state index in [0.29, 0.717) is 17.1 Å². The predicted octanol–water partition coefficient (Wildman–Crippen LogP) is 2.30. The van der Waals surface area contributed by atoms with Crippen molar-refractivity contribution in [3.8, 4) is 0 Å². The molecule has 0 spiro atoms. The molecular weight excluding hydrogens is 212 g/mol. The van der Waals surface area contributed by atoms with E-state index in [2.05, 4.69) is 17.2 Å². The normalized spacial score (nSPS) is 9.47. The molecule has 0 aliphatic heterocycles. The van der Waals surface area contributed by atoms with Crippen molar-refractivity contribution in [2.45, 2.75) is 0 Å². The van der Waals surface area contributed by atoms with Gasteiger partial charge >= 0.3 is 0 Å². The molecule has 15 heavy (non-hydrogen) atoms. The summed E-state index contributed by atoms with van der Waals surface area (Å²) in [5.74, 6) is -0.131. The topological polar surface area (TPSA) is 41.1 Å². The Kier molecular flexibility index (Phi) is 4.18. The fourth-order valence-corrected chi connectivity index (χ4v) is 1.31. The average molecular weight is 225 g/mol. The standard InChI is InChI=1S/C11H13ClN2O/c1-3-6-14-10-7-8(11(15)13-2)4-5-9(10)12/h3-5,7,14H,1,6H2,2H3,(H,13,15). The summed E-state index contributed by atoms with van der Waals surface area (Å²) in [5.41, 5.74) is 1.31. The molecule has 0 heterocycles. The molecule has 0 bridgehead atoms. The number of nitrogens with one attached hydrogen (secondary N) is 2. The summed E-state index contributed by atoms with van der Waals surface area (Å²) < 4.78 is 0. The number of hydrogen-bond acceptors (Lipinski definition) is 2. The van der Waals surface area contributed by atoms with Crippen LogP contribution in [0.5, 0.6) is 0 Å². The van der Waals surface area contributed by atoms with Crippen LogP contribution in [0.25, 0.3) is 0 Å². The Morgan fingerprint density at radius 3 is 2.93 bits per heavy atom. The zero-order chi connectivity index (χ0) is 11.3. The molecule has 0 atom stereocenters. The first-order valence-electron chi connectivity index (χ1n) is 4.55. The summed E-state index contributed by atoms with van der Waals surface area (Å²) in [6, 6.07) is 5.09. The molecule has 0 aliphatic rings. The minimum Gasteiger partial charge on any atom is -0.380 e. The van der Waals surface area contributed by atoms with E-state index in [1.165, 1.54) is 0 Å². The van der Waals surface area contributed by atoms with E-state index in [0.717, 1.165) is 5.69 Å². The molecule has 80 valence electrons. The van der Waals surface area contributed by atoms with Crippen LogP contribution in [0.2, 0.25) is 5.02 Å². The van der Waals surface area contributed by atoms with E-state index in [-0.39, 0.29) is 5.91 Å². The van der Waals surface area contributed by atoms with E-state index >= 15 is 0 Å². The smallest absolute Gasteiger partial charge is 0.251 e. The first-order valence-corrected chi connectivity index (χ1v) is 4.93. The van der Waals surface area contributed by atoms with Gasteiger partial charge in [0.25, 0.3) is 5.91 Å². The quantitative estimate of drug-likeness (QED) is 0.771. The van der Waals surface area contributed by atoms with Crippen LogP contribution in [0, 0.1) is 0 Å². The summed E-state index contributed by atoms with van der Waals surface area (Å²) in [6.45, 7) is 4.20. The highest BCUT2D eigenvalue weighted by molar-refractivity contribution is 6.33. The fraction of sp³-hybridized carbons (Fsp3) is 0.182. The molecule has 0 unspecified atom stereocenters. The highest BCUT2D eigenvalue weighted by atomic mass is 35.5. The number of hydrogen-bond donors (Lipinski definition) is 2. The molecule has 0 saturated carbocycles.